The Morgan fingerprint density at radius 3 is 2.48 bits per heavy atom. The van der Waals surface area contributed by atoms with Gasteiger partial charge in [0.1, 0.15) is 0 Å². The van der Waals surface area contributed by atoms with E-state index in [4.69, 9.17) is 4.74 Å². The van der Waals surface area contributed by atoms with E-state index in [1.165, 1.54) is 10.7 Å². The van der Waals surface area contributed by atoms with E-state index in [9.17, 15) is 9.59 Å². The first-order valence-electron chi connectivity index (χ1n) is 8.75. The minimum atomic E-state index is -0.520. The molecule has 0 atom stereocenters. The number of amides is 1. The van der Waals surface area contributed by atoms with Crippen LogP contribution in [0, 0.1) is 6.92 Å². The molecule has 0 bridgehead atoms. The smallest absolute Gasteiger partial charge is 0.276 e. The van der Waals surface area contributed by atoms with E-state index in [0.29, 0.717) is 24.7 Å². The van der Waals surface area contributed by atoms with Crippen LogP contribution in [0.3, 0.4) is 0 Å². The molecular weight excluding hydrogens is 342 g/mol. The van der Waals surface area contributed by atoms with E-state index in [-0.39, 0.29) is 5.69 Å². The highest BCUT2D eigenvalue weighted by atomic mass is 16.5. The molecule has 1 aromatic heterocycles. The lowest BCUT2D eigenvalue weighted by atomic mass is 10.1. The molecule has 1 amide bonds. The normalized spacial score (nSPS) is 10.4. The summed E-state index contributed by atoms with van der Waals surface area (Å²) in [5.41, 5.74) is 2.14. The number of aryl methyl sites for hydroxylation is 1. The van der Waals surface area contributed by atoms with E-state index >= 15 is 0 Å². The van der Waals surface area contributed by atoms with Crippen molar-refractivity contribution in [1.82, 2.24) is 15.1 Å². The third-order valence-corrected chi connectivity index (χ3v) is 3.98. The Morgan fingerprint density at radius 1 is 1.11 bits per heavy atom. The number of aromatic nitrogens is 2. The topological polar surface area (TPSA) is 73.2 Å². The molecule has 0 aliphatic carbocycles. The molecule has 1 N–H and O–H groups in total. The maximum atomic E-state index is 12.5. The average molecular weight is 363 g/mol. The Morgan fingerprint density at radius 2 is 1.81 bits per heavy atom. The largest absolute Gasteiger partial charge is 0.478 e. The molecule has 0 fully saturated rings. The van der Waals surface area contributed by atoms with Gasteiger partial charge in [-0.2, -0.15) is 5.10 Å². The van der Waals surface area contributed by atoms with Crippen LogP contribution in [-0.4, -0.2) is 22.3 Å². The molecule has 0 spiro atoms. The van der Waals surface area contributed by atoms with Gasteiger partial charge >= 0.3 is 0 Å². The number of hydrogen-bond donors (Lipinski definition) is 1. The highest BCUT2D eigenvalue weighted by Crippen LogP contribution is 2.15. The minimum Gasteiger partial charge on any atom is -0.478 e. The second-order valence-electron chi connectivity index (χ2n) is 6.04. The molecule has 0 aliphatic rings. The lowest BCUT2D eigenvalue weighted by molar-refractivity contribution is 0.0942. The van der Waals surface area contributed by atoms with Gasteiger partial charge in [0.25, 0.3) is 5.91 Å². The van der Waals surface area contributed by atoms with Gasteiger partial charge in [-0.05, 0) is 31.5 Å². The fraction of sp³-hybridized carbons (Fsp3) is 0.190. The first-order chi connectivity index (χ1) is 13.1. The summed E-state index contributed by atoms with van der Waals surface area (Å²) in [5.74, 6) is -0.225. The second kappa shape index (κ2) is 8.31. The van der Waals surface area contributed by atoms with Gasteiger partial charge in [0.15, 0.2) is 5.69 Å². The molecular formula is C21H21N3O3. The molecule has 0 unspecified atom stereocenters. The average Bonchev–Trinajstić information content (AvgIpc) is 2.68. The number of carbonyl (C=O) groups excluding carboxylic acids is 1. The van der Waals surface area contributed by atoms with Crippen molar-refractivity contribution < 1.29 is 9.53 Å². The van der Waals surface area contributed by atoms with Crippen LogP contribution in [0.2, 0.25) is 0 Å². The lowest BCUT2D eigenvalue weighted by Crippen LogP contribution is -2.31. The maximum absolute atomic E-state index is 12.5. The van der Waals surface area contributed by atoms with Gasteiger partial charge in [0.05, 0.1) is 18.4 Å². The third-order valence-electron chi connectivity index (χ3n) is 3.98. The van der Waals surface area contributed by atoms with Crippen LogP contribution in [0.4, 0.5) is 0 Å². The summed E-state index contributed by atoms with van der Waals surface area (Å²) in [5, 5.41) is 7.00. The Balaban J connectivity index is 1.89. The number of nitrogens with one attached hydrogen (secondary N) is 1. The molecule has 0 saturated heterocycles. The van der Waals surface area contributed by atoms with Gasteiger partial charge in [-0.15, -0.1) is 0 Å². The first-order valence-corrected chi connectivity index (χ1v) is 8.75. The summed E-state index contributed by atoms with van der Waals surface area (Å²) in [7, 11) is 0. The fourth-order valence-corrected chi connectivity index (χ4v) is 2.57. The molecule has 0 radical (unpaired) electrons. The van der Waals surface area contributed by atoms with Crippen LogP contribution in [0.15, 0.2) is 65.5 Å². The van der Waals surface area contributed by atoms with Crippen LogP contribution < -0.4 is 15.5 Å². The van der Waals surface area contributed by atoms with Gasteiger partial charge in [0, 0.05) is 6.54 Å². The Kier molecular flexibility index (Phi) is 5.66. The number of rotatable bonds is 6. The van der Waals surface area contributed by atoms with E-state index in [2.05, 4.69) is 10.4 Å². The van der Waals surface area contributed by atoms with Crippen molar-refractivity contribution in [3.05, 3.63) is 87.7 Å². The van der Waals surface area contributed by atoms with Gasteiger partial charge < -0.3 is 10.1 Å². The van der Waals surface area contributed by atoms with E-state index in [0.717, 1.165) is 11.1 Å². The third kappa shape index (κ3) is 4.41. The fourth-order valence-electron chi connectivity index (χ4n) is 2.57. The molecule has 0 aliphatic heterocycles. The number of hydrogen-bond acceptors (Lipinski definition) is 4. The monoisotopic (exact) mass is 363 g/mol. The molecule has 2 aromatic carbocycles. The zero-order valence-electron chi connectivity index (χ0n) is 15.3. The van der Waals surface area contributed by atoms with Gasteiger partial charge in [-0.25, -0.2) is 4.68 Å². The highest BCUT2D eigenvalue weighted by molar-refractivity contribution is 5.92. The summed E-state index contributed by atoms with van der Waals surface area (Å²) in [4.78, 5) is 24.9. The van der Waals surface area contributed by atoms with Crippen LogP contribution in [-0.2, 0) is 6.54 Å². The minimum absolute atomic E-state index is 0.172. The molecule has 1 heterocycles. The molecule has 6 nitrogen and oxygen atoms in total. The van der Waals surface area contributed by atoms with E-state index < -0.39 is 11.3 Å². The van der Waals surface area contributed by atoms with E-state index in [1.807, 2.05) is 68.4 Å². The van der Waals surface area contributed by atoms with E-state index in [1.54, 1.807) is 0 Å². The van der Waals surface area contributed by atoms with Crippen LogP contribution in [0.1, 0.15) is 28.5 Å². The van der Waals surface area contributed by atoms with Crippen LogP contribution in [0.25, 0.3) is 5.69 Å². The number of benzene rings is 2. The van der Waals surface area contributed by atoms with Crippen molar-refractivity contribution in [3.63, 3.8) is 0 Å². The summed E-state index contributed by atoms with van der Waals surface area (Å²) in [6, 6.07) is 18.3. The van der Waals surface area contributed by atoms with Gasteiger partial charge in [-0.3, -0.25) is 9.59 Å². The predicted molar refractivity (Wildman–Crippen MR) is 103 cm³/mol. The summed E-state index contributed by atoms with van der Waals surface area (Å²) < 4.78 is 6.98. The maximum Gasteiger partial charge on any atom is 0.276 e. The molecule has 27 heavy (non-hydrogen) atoms. The lowest BCUT2D eigenvalue weighted by Gasteiger charge is -2.13. The SMILES string of the molecule is CCOc1cc(=O)c(C(=O)NCc2ccc(C)cc2)nn1-c1ccccc1. The van der Waals surface area contributed by atoms with Crippen molar-refractivity contribution in [2.24, 2.45) is 0 Å². The predicted octanol–water partition coefficient (Wildman–Crippen LogP) is 2.87. The Labute approximate surface area is 157 Å². The molecule has 0 saturated carbocycles. The zero-order chi connectivity index (χ0) is 19.2. The quantitative estimate of drug-likeness (QED) is 0.731. The number of carbonyl (C=O) groups is 1. The van der Waals surface area contributed by atoms with Crippen molar-refractivity contribution in [2.45, 2.75) is 20.4 Å². The highest BCUT2D eigenvalue weighted by Gasteiger charge is 2.17. The number of ether oxygens (including phenoxy) is 1. The number of nitrogens with zero attached hydrogens (tertiary/aromatic N) is 2. The van der Waals surface area contributed by atoms with Crippen molar-refractivity contribution in [2.75, 3.05) is 6.61 Å². The molecule has 3 aromatic rings. The Bertz CT molecular complexity index is 980. The van der Waals surface area contributed by atoms with Gasteiger partial charge in [-0.1, -0.05) is 48.0 Å². The summed E-state index contributed by atoms with van der Waals surface area (Å²) in [6.45, 7) is 4.52. The van der Waals surface area contributed by atoms with Gasteiger partial charge in [0.2, 0.25) is 11.3 Å². The molecule has 138 valence electrons. The van der Waals surface area contributed by atoms with Crippen LogP contribution >= 0.6 is 0 Å². The standard InChI is InChI=1S/C21H21N3O3/c1-3-27-19-13-18(25)20(23-24(19)17-7-5-4-6-8-17)21(26)22-14-16-11-9-15(2)10-12-16/h4-13H,3,14H2,1-2H3,(H,22,26). The summed E-state index contributed by atoms with van der Waals surface area (Å²) >= 11 is 0. The van der Waals surface area contributed by atoms with Crippen LogP contribution in [0.5, 0.6) is 5.88 Å². The second-order valence-corrected chi connectivity index (χ2v) is 6.04. The Hall–Kier alpha value is -3.41. The summed E-state index contributed by atoms with van der Waals surface area (Å²) in [6.07, 6.45) is 0. The first kappa shape index (κ1) is 18.4. The molecule has 6 heteroatoms. The van der Waals surface area contributed by atoms with Crippen molar-refractivity contribution >= 4 is 5.91 Å². The number of para-hydroxylation sites is 1. The van der Waals surface area contributed by atoms with Crippen molar-refractivity contribution in [3.8, 4) is 11.6 Å². The van der Waals surface area contributed by atoms with Crippen molar-refractivity contribution in [1.29, 1.82) is 0 Å². The zero-order valence-corrected chi connectivity index (χ0v) is 15.3. The molecule has 3 rings (SSSR count).